The molecule has 0 saturated carbocycles. The summed E-state index contributed by atoms with van der Waals surface area (Å²) in [7, 11) is 0. The van der Waals surface area contributed by atoms with Crippen LogP contribution in [-0.4, -0.2) is 48.1 Å². The highest BCUT2D eigenvalue weighted by Gasteiger charge is 2.22. The van der Waals surface area contributed by atoms with Crippen molar-refractivity contribution in [3.8, 4) is 0 Å². The van der Waals surface area contributed by atoms with Crippen molar-refractivity contribution in [1.82, 2.24) is 9.80 Å². The summed E-state index contributed by atoms with van der Waals surface area (Å²) >= 11 is 0. The number of piperidine rings is 1. The lowest BCUT2D eigenvalue weighted by molar-refractivity contribution is 0.112. The lowest BCUT2D eigenvalue weighted by atomic mass is 9.95. The predicted molar refractivity (Wildman–Crippen MR) is 71.8 cm³/mol. The minimum absolute atomic E-state index is 0.702. The zero-order valence-electron chi connectivity index (χ0n) is 11.9. The first-order valence-electron chi connectivity index (χ1n) is 7.02. The smallest absolute Gasteiger partial charge is 0.00385 e. The van der Waals surface area contributed by atoms with Crippen LogP contribution in [0.2, 0.25) is 0 Å². The SMILES string of the molecule is CCN(CC1CCN(C(C)C)CC1)C(C)C. The summed E-state index contributed by atoms with van der Waals surface area (Å²) in [5.74, 6) is 0.928. The molecule has 0 atom stereocenters. The van der Waals surface area contributed by atoms with Crippen LogP contribution in [0.3, 0.4) is 0 Å². The Balaban J connectivity index is 2.31. The number of nitrogens with zero attached hydrogens (tertiary/aromatic N) is 2. The Kier molecular flexibility index (Phi) is 5.77. The molecule has 1 heterocycles. The minimum Gasteiger partial charge on any atom is -0.301 e. The van der Waals surface area contributed by atoms with Gasteiger partial charge in [-0.05, 0) is 66.1 Å². The van der Waals surface area contributed by atoms with E-state index in [0.717, 1.165) is 12.0 Å². The molecule has 0 spiro atoms. The van der Waals surface area contributed by atoms with Crippen molar-refractivity contribution in [3.05, 3.63) is 0 Å². The molecule has 0 aromatic carbocycles. The quantitative estimate of drug-likeness (QED) is 0.711. The number of hydrogen-bond donors (Lipinski definition) is 0. The van der Waals surface area contributed by atoms with Crippen molar-refractivity contribution in [1.29, 1.82) is 0 Å². The lowest BCUT2D eigenvalue weighted by Crippen LogP contribution is -2.43. The molecular formula is C14H30N2. The molecule has 2 nitrogen and oxygen atoms in total. The number of likely N-dealkylation sites (tertiary alicyclic amines) is 1. The van der Waals surface area contributed by atoms with Crippen molar-refractivity contribution in [2.24, 2.45) is 5.92 Å². The third-order valence-electron chi connectivity index (χ3n) is 4.01. The summed E-state index contributed by atoms with van der Waals surface area (Å²) in [5, 5.41) is 0. The van der Waals surface area contributed by atoms with Crippen LogP contribution in [0.15, 0.2) is 0 Å². The highest BCUT2D eigenvalue weighted by atomic mass is 15.2. The summed E-state index contributed by atoms with van der Waals surface area (Å²) in [6.07, 6.45) is 2.78. The van der Waals surface area contributed by atoms with Gasteiger partial charge in [-0.3, -0.25) is 0 Å². The molecule has 1 fully saturated rings. The monoisotopic (exact) mass is 226 g/mol. The zero-order chi connectivity index (χ0) is 12.1. The van der Waals surface area contributed by atoms with Gasteiger partial charge in [0.2, 0.25) is 0 Å². The van der Waals surface area contributed by atoms with E-state index in [1.54, 1.807) is 0 Å². The van der Waals surface area contributed by atoms with Crippen molar-refractivity contribution < 1.29 is 0 Å². The fourth-order valence-corrected chi connectivity index (χ4v) is 2.69. The second kappa shape index (κ2) is 6.61. The summed E-state index contributed by atoms with van der Waals surface area (Å²) < 4.78 is 0. The summed E-state index contributed by atoms with van der Waals surface area (Å²) in [6.45, 7) is 16.6. The molecule has 0 aromatic rings. The maximum absolute atomic E-state index is 2.61. The second-order valence-electron chi connectivity index (χ2n) is 5.75. The minimum atomic E-state index is 0.702. The van der Waals surface area contributed by atoms with Gasteiger partial charge in [-0.25, -0.2) is 0 Å². The van der Waals surface area contributed by atoms with Crippen molar-refractivity contribution in [3.63, 3.8) is 0 Å². The third-order valence-corrected chi connectivity index (χ3v) is 4.01. The Bertz CT molecular complexity index is 181. The molecule has 1 aliphatic rings. The van der Waals surface area contributed by atoms with Crippen LogP contribution in [0.1, 0.15) is 47.5 Å². The van der Waals surface area contributed by atoms with Gasteiger partial charge in [0.25, 0.3) is 0 Å². The van der Waals surface area contributed by atoms with Gasteiger partial charge in [0.1, 0.15) is 0 Å². The van der Waals surface area contributed by atoms with Gasteiger partial charge in [-0.1, -0.05) is 6.92 Å². The molecule has 0 radical (unpaired) electrons. The number of rotatable bonds is 5. The van der Waals surface area contributed by atoms with Crippen molar-refractivity contribution in [2.45, 2.75) is 59.5 Å². The first-order chi connectivity index (χ1) is 7.54. The van der Waals surface area contributed by atoms with E-state index >= 15 is 0 Å². The topological polar surface area (TPSA) is 6.48 Å². The number of hydrogen-bond acceptors (Lipinski definition) is 2. The molecule has 16 heavy (non-hydrogen) atoms. The Morgan fingerprint density at radius 1 is 1.12 bits per heavy atom. The van der Waals surface area contributed by atoms with E-state index in [-0.39, 0.29) is 0 Å². The van der Waals surface area contributed by atoms with Crippen LogP contribution in [0.25, 0.3) is 0 Å². The van der Waals surface area contributed by atoms with Gasteiger partial charge in [0.15, 0.2) is 0 Å². The molecule has 0 aromatic heterocycles. The zero-order valence-corrected chi connectivity index (χ0v) is 11.9. The Labute approximate surface area is 102 Å². The normalized spacial score (nSPS) is 20.2. The maximum Gasteiger partial charge on any atom is 0.00385 e. The van der Waals surface area contributed by atoms with Gasteiger partial charge < -0.3 is 9.80 Å². The van der Waals surface area contributed by atoms with E-state index in [1.165, 1.54) is 39.0 Å². The van der Waals surface area contributed by atoms with E-state index in [0.29, 0.717) is 6.04 Å². The molecule has 0 N–H and O–H groups in total. The van der Waals surface area contributed by atoms with Gasteiger partial charge in [0, 0.05) is 18.6 Å². The summed E-state index contributed by atoms with van der Waals surface area (Å²) in [4.78, 5) is 5.22. The van der Waals surface area contributed by atoms with Crippen LogP contribution >= 0.6 is 0 Å². The molecule has 1 rings (SSSR count). The van der Waals surface area contributed by atoms with Crippen LogP contribution in [-0.2, 0) is 0 Å². The van der Waals surface area contributed by atoms with Crippen molar-refractivity contribution in [2.75, 3.05) is 26.2 Å². The molecule has 0 bridgehead atoms. The van der Waals surface area contributed by atoms with Crippen LogP contribution in [0.5, 0.6) is 0 Å². The van der Waals surface area contributed by atoms with E-state index in [1.807, 2.05) is 0 Å². The average Bonchev–Trinajstić information content (AvgIpc) is 2.26. The lowest BCUT2D eigenvalue weighted by Gasteiger charge is -2.37. The Morgan fingerprint density at radius 3 is 2.06 bits per heavy atom. The Hall–Kier alpha value is -0.0800. The molecule has 1 saturated heterocycles. The van der Waals surface area contributed by atoms with Crippen molar-refractivity contribution >= 4 is 0 Å². The van der Waals surface area contributed by atoms with Crippen LogP contribution in [0.4, 0.5) is 0 Å². The standard InChI is InChI=1S/C14H30N2/c1-6-15(12(2)3)11-14-7-9-16(10-8-14)13(4)5/h12-14H,6-11H2,1-5H3. The molecule has 0 aliphatic carbocycles. The van der Waals surface area contributed by atoms with Gasteiger partial charge in [0.05, 0.1) is 0 Å². The second-order valence-corrected chi connectivity index (χ2v) is 5.75. The van der Waals surface area contributed by atoms with E-state index in [4.69, 9.17) is 0 Å². The highest BCUT2D eigenvalue weighted by molar-refractivity contribution is 4.77. The highest BCUT2D eigenvalue weighted by Crippen LogP contribution is 2.20. The molecule has 96 valence electrons. The summed E-state index contributed by atoms with van der Waals surface area (Å²) in [6, 6.07) is 1.43. The van der Waals surface area contributed by atoms with E-state index in [2.05, 4.69) is 44.4 Å². The van der Waals surface area contributed by atoms with Crippen LogP contribution < -0.4 is 0 Å². The molecule has 0 unspecified atom stereocenters. The maximum atomic E-state index is 2.61. The molecule has 1 aliphatic heterocycles. The Morgan fingerprint density at radius 2 is 1.69 bits per heavy atom. The van der Waals surface area contributed by atoms with Gasteiger partial charge in [-0.15, -0.1) is 0 Å². The predicted octanol–water partition coefficient (Wildman–Crippen LogP) is 2.84. The van der Waals surface area contributed by atoms with E-state index < -0.39 is 0 Å². The fraction of sp³-hybridized carbons (Fsp3) is 1.00. The molecular weight excluding hydrogens is 196 g/mol. The third kappa shape index (κ3) is 4.06. The summed E-state index contributed by atoms with van der Waals surface area (Å²) in [5.41, 5.74) is 0. The van der Waals surface area contributed by atoms with Crippen LogP contribution in [0, 0.1) is 5.92 Å². The fourth-order valence-electron chi connectivity index (χ4n) is 2.69. The first-order valence-corrected chi connectivity index (χ1v) is 7.02. The molecule has 0 amide bonds. The largest absolute Gasteiger partial charge is 0.301 e. The first kappa shape index (κ1) is 14.0. The van der Waals surface area contributed by atoms with Gasteiger partial charge >= 0.3 is 0 Å². The average molecular weight is 226 g/mol. The molecule has 2 heteroatoms. The van der Waals surface area contributed by atoms with Gasteiger partial charge in [-0.2, -0.15) is 0 Å². The van der Waals surface area contributed by atoms with E-state index in [9.17, 15) is 0 Å².